The third-order valence-electron chi connectivity index (χ3n) is 2.66. The summed E-state index contributed by atoms with van der Waals surface area (Å²) in [5.41, 5.74) is 8.99. The number of nitrogens with zero attached hydrogens (tertiary/aromatic N) is 2. The molecule has 1 heterocycles. The maximum Gasteiger partial charge on any atom is 0.136 e. The molecule has 0 saturated heterocycles. The normalized spacial score (nSPS) is 10.8. The average molecular weight is 315 g/mol. The van der Waals surface area contributed by atoms with E-state index in [1.807, 2.05) is 32.0 Å². The second kappa shape index (κ2) is 4.70. The number of nitrogen functional groups attached to an aromatic ring is 1. The standard InChI is InChI=1S/C12H13BrClN3/c1-7-3-4-9(5-10(7)14)6-17-12(15)11(13)8(2)16-17/h3-5H,6,15H2,1-2H3. The van der Waals surface area contributed by atoms with Gasteiger partial charge in [0.25, 0.3) is 0 Å². The highest BCUT2D eigenvalue weighted by Crippen LogP contribution is 2.24. The zero-order valence-electron chi connectivity index (χ0n) is 9.67. The molecule has 0 amide bonds. The molecular weight excluding hydrogens is 302 g/mol. The molecule has 1 aromatic heterocycles. The zero-order valence-corrected chi connectivity index (χ0v) is 12.0. The molecule has 2 N–H and O–H groups in total. The van der Waals surface area contributed by atoms with Gasteiger partial charge in [-0.3, -0.25) is 0 Å². The molecule has 2 rings (SSSR count). The molecule has 5 heteroatoms. The van der Waals surface area contributed by atoms with Gasteiger partial charge in [0, 0.05) is 5.02 Å². The van der Waals surface area contributed by atoms with Crippen LogP contribution in [0.2, 0.25) is 5.02 Å². The second-order valence-corrected chi connectivity index (χ2v) is 5.23. The SMILES string of the molecule is Cc1ccc(Cn2nc(C)c(Br)c2N)cc1Cl. The molecule has 0 radical (unpaired) electrons. The summed E-state index contributed by atoms with van der Waals surface area (Å²) in [6.45, 7) is 4.52. The number of benzene rings is 1. The van der Waals surface area contributed by atoms with Crippen molar-refractivity contribution >= 4 is 33.3 Å². The van der Waals surface area contributed by atoms with E-state index in [2.05, 4.69) is 21.0 Å². The van der Waals surface area contributed by atoms with Crippen molar-refractivity contribution in [3.05, 3.63) is 44.5 Å². The lowest BCUT2D eigenvalue weighted by Crippen LogP contribution is -2.06. The quantitative estimate of drug-likeness (QED) is 0.921. The first-order valence-corrected chi connectivity index (χ1v) is 6.39. The maximum atomic E-state index is 6.09. The summed E-state index contributed by atoms with van der Waals surface area (Å²) in [5.74, 6) is 0.638. The minimum atomic E-state index is 0.623. The highest BCUT2D eigenvalue weighted by Gasteiger charge is 2.10. The van der Waals surface area contributed by atoms with Gasteiger partial charge in [-0.2, -0.15) is 5.10 Å². The Morgan fingerprint density at radius 2 is 2.12 bits per heavy atom. The monoisotopic (exact) mass is 313 g/mol. The Balaban J connectivity index is 2.31. The minimum absolute atomic E-state index is 0.623. The van der Waals surface area contributed by atoms with Crippen LogP contribution in [-0.2, 0) is 6.54 Å². The molecule has 0 saturated carbocycles. The second-order valence-electron chi connectivity index (χ2n) is 4.03. The zero-order chi connectivity index (χ0) is 12.6. The Hall–Kier alpha value is -1.000. The molecule has 0 unspecified atom stereocenters. The van der Waals surface area contributed by atoms with Crippen LogP contribution in [0.15, 0.2) is 22.7 Å². The van der Waals surface area contributed by atoms with Gasteiger partial charge in [0.15, 0.2) is 0 Å². The van der Waals surface area contributed by atoms with Crippen LogP contribution in [0, 0.1) is 13.8 Å². The summed E-state index contributed by atoms with van der Waals surface area (Å²) in [7, 11) is 0. The Kier molecular flexibility index (Phi) is 3.45. The molecular formula is C12H13BrClN3. The number of aryl methyl sites for hydroxylation is 2. The van der Waals surface area contributed by atoms with E-state index in [1.165, 1.54) is 0 Å². The highest BCUT2D eigenvalue weighted by molar-refractivity contribution is 9.10. The van der Waals surface area contributed by atoms with Gasteiger partial charge in [-0.15, -0.1) is 0 Å². The summed E-state index contributed by atoms with van der Waals surface area (Å²) in [6.07, 6.45) is 0. The molecule has 0 spiro atoms. The highest BCUT2D eigenvalue weighted by atomic mass is 79.9. The third-order valence-corrected chi connectivity index (χ3v) is 4.05. The fourth-order valence-corrected chi connectivity index (χ4v) is 2.09. The molecule has 90 valence electrons. The molecule has 0 aliphatic heterocycles. The van der Waals surface area contributed by atoms with E-state index < -0.39 is 0 Å². The lowest BCUT2D eigenvalue weighted by molar-refractivity contribution is 0.689. The van der Waals surface area contributed by atoms with Crippen LogP contribution in [0.3, 0.4) is 0 Å². The number of anilines is 1. The fourth-order valence-electron chi connectivity index (χ4n) is 1.61. The molecule has 0 atom stereocenters. The summed E-state index contributed by atoms with van der Waals surface area (Å²) >= 11 is 9.49. The first kappa shape index (κ1) is 12.5. The summed E-state index contributed by atoms with van der Waals surface area (Å²) in [6, 6.07) is 5.98. The number of nitrogens with two attached hydrogens (primary N) is 1. The van der Waals surface area contributed by atoms with Crippen LogP contribution >= 0.6 is 27.5 Å². The van der Waals surface area contributed by atoms with Crippen LogP contribution in [0.25, 0.3) is 0 Å². The lowest BCUT2D eigenvalue weighted by atomic mass is 10.1. The Morgan fingerprint density at radius 3 is 2.65 bits per heavy atom. The van der Waals surface area contributed by atoms with Crippen molar-refractivity contribution in [2.45, 2.75) is 20.4 Å². The molecule has 1 aromatic carbocycles. The van der Waals surface area contributed by atoms with Crippen LogP contribution in [0.5, 0.6) is 0 Å². The van der Waals surface area contributed by atoms with Gasteiger partial charge in [0.1, 0.15) is 5.82 Å². The molecule has 2 aromatic rings. The summed E-state index contributed by atoms with van der Waals surface area (Å²) in [4.78, 5) is 0. The molecule has 0 aliphatic carbocycles. The van der Waals surface area contributed by atoms with Crippen molar-refractivity contribution in [1.29, 1.82) is 0 Å². The third kappa shape index (κ3) is 2.48. The fraction of sp³-hybridized carbons (Fsp3) is 0.250. The first-order chi connectivity index (χ1) is 7.99. The van der Waals surface area contributed by atoms with E-state index in [4.69, 9.17) is 17.3 Å². The average Bonchev–Trinajstić information content (AvgIpc) is 2.52. The van der Waals surface area contributed by atoms with Crippen LogP contribution < -0.4 is 5.73 Å². The van der Waals surface area contributed by atoms with Gasteiger partial charge in [-0.25, -0.2) is 4.68 Å². The van der Waals surface area contributed by atoms with Crippen LogP contribution in [0.4, 0.5) is 5.82 Å². The summed E-state index contributed by atoms with van der Waals surface area (Å²) in [5, 5.41) is 5.13. The molecule has 3 nitrogen and oxygen atoms in total. The predicted octanol–water partition coefficient (Wildman–Crippen LogP) is 3.55. The largest absolute Gasteiger partial charge is 0.383 e. The first-order valence-electron chi connectivity index (χ1n) is 5.22. The molecule has 17 heavy (non-hydrogen) atoms. The number of hydrogen-bond acceptors (Lipinski definition) is 2. The van der Waals surface area contributed by atoms with Crippen molar-refractivity contribution in [2.75, 3.05) is 5.73 Å². The van der Waals surface area contributed by atoms with Gasteiger partial charge >= 0.3 is 0 Å². The number of halogens is 2. The molecule has 0 aliphatic rings. The van der Waals surface area contributed by atoms with E-state index in [0.717, 1.165) is 26.3 Å². The minimum Gasteiger partial charge on any atom is -0.383 e. The topological polar surface area (TPSA) is 43.8 Å². The molecule has 0 fully saturated rings. The van der Waals surface area contributed by atoms with E-state index in [9.17, 15) is 0 Å². The Morgan fingerprint density at radius 1 is 1.41 bits per heavy atom. The van der Waals surface area contributed by atoms with Gasteiger partial charge in [0.05, 0.1) is 16.7 Å². The van der Waals surface area contributed by atoms with E-state index >= 15 is 0 Å². The lowest BCUT2D eigenvalue weighted by Gasteiger charge is -2.06. The Labute approximate surface area is 114 Å². The predicted molar refractivity (Wildman–Crippen MR) is 74.4 cm³/mol. The van der Waals surface area contributed by atoms with Crippen molar-refractivity contribution < 1.29 is 0 Å². The van der Waals surface area contributed by atoms with E-state index in [1.54, 1.807) is 4.68 Å². The van der Waals surface area contributed by atoms with Crippen molar-refractivity contribution in [3.8, 4) is 0 Å². The van der Waals surface area contributed by atoms with Crippen molar-refractivity contribution in [2.24, 2.45) is 0 Å². The van der Waals surface area contributed by atoms with Gasteiger partial charge in [-0.05, 0) is 47.0 Å². The number of aromatic nitrogens is 2. The van der Waals surface area contributed by atoms with E-state index in [-0.39, 0.29) is 0 Å². The van der Waals surface area contributed by atoms with Crippen LogP contribution in [-0.4, -0.2) is 9.78 Å². The van der Waals surface area contributed by atoms with Gasteiger partial charge in [-0.1, -0.05) is 23.7 Å². The van der Waals surface area contributed by atoms with Crippen LogP contribution in [0.1, 0.15) is 16.8 Å². The van der Waals surface area contributed by atoms with Crippen molar-refractivity contribution in [1.82, 2.24) is 9.78 Å². The van der Waals surface area contributed by atoms with Gasteiger partial charge < -0.3 is 5.73 Å². The maximum absolute atomic E-state index is 6.09. The van der Waals surface area contributed by atoms with E-state index in [0.29, 0.717) is 12.4 Å². The summed E-state index contributed by atoms with van der Waals surface area (Å²) < 4.78 is 2.62. The smallest absolute Gasteiger partial charge is 0.136 e. The number of rotatable bonds is 2. The van der Waals surface area contributed by atoms with Crippen molar-refractivity contribution in [3.63, 3.8) is 0 Å². The molecule has 0 bridgehead atoms. The van der Waals surface area contributed by atoms with Gasteiger partial charge in [0.2, 0.25) is 0 Å². The number of hydrogen-bond donors (Lipinski definition) is 1. The Bertz CT molecular complexity index is 563.